The van der Waals surface area contributed by atoms with Crippen LogP contribution in [0.25, 0.3) is 0 Å². The van der Waals surface area contributed by atoms with E-state index >= 15 is 0 Å². The fourth-order valence-electron chi connectivity index (χ4n) is 2.96. The lowest BCUT2D eigenvalue weighted by molar-refractivity contribution is 0.165. The number of benzene rings is 2. The van der Waals surface area contributed by atoms with Crippen LogP contribution >= 0.6 is 0 Å². The smallest absolute Gasteiger partial charge is 0.0583 e. The molecule has 21 heavy (non-hydrogen) atoms. The molecule has 0 fully saturated rings. The van der Waals surface area contributed by atoms with Crippen molar-refractivity contribution in [1.29, 1.82) is 0 Å². The summed E-state index contributed by atoms with van der Waals surface area (Å²) in [5.41, 5.74) is 7.77. The van der Waals surface area contributed by atoms with E-state index in [1.165, 1.54) is 33.4 Å². The molecule has 112 valence electrons. The molecule has 0 saturated carbocycles. The Morgan fingerprint density at radius 1 is 0.857 bits per heavy atom. The Labute approximate surface area is 128 Å². The van der Waals surface area contributed by atoms with E-state index in [4.69, 9.17) is 0 Å². The predicted octanol–water partition coefficient (Wildman–Crippen LogP) is 4.46. The van der Waals surface area contributed by atoms with Crippen LogP contribution in [0.2, 0.25) is 0 Å². The van der Waals surface area contributed by atoms with Gasteiger partial charge in [-0.15, -0.1) is 0 Å². The molecule has 0 spiro atoms. The van der Waals surface area contributed by atoms with Crippen LogP contribution in [0.15, 0.2) is 36.4 Å². The van der Waals surface area contributed by atoms with Gasteiger partial charge in [-0.05, 0) is 69.2 Å². The third kappa shape index (κ3) is 4.44. The Balaban J connectivity index is 1.96. The molecule has 0 aliphatic rings. The zero-order valence-corrected chi connectivity index (χ0v) is 13.6. The minimum absolute atomic E-state index is 0.272. The van der Waals surface area contributed by atoms with Crippen LogP contribution in [0, 0.1) is 27.7 Å². The van der Waals surface area contributed by atoms with E-state index in [2.05, 4.69) is 64.1 Å². The zero-order valence-electron chi connectivity index (χ0n) is 13.6. The SMILES string of the molecule is Cc1ccc(CCC(O)Cc2c(C)cc(C)cc2C)cc1. The van der Waals surface area contributed by atoms with Gasteiger partial charge >= 0.3 is 0 Å². The van der Waals surface area contributed by atoms with Crippen molar-refractivity contribution in [2.75, 3.05) is 0 Å². The van der Waals surface area contributed by atoms with Gasteiger partial charge in [0.1, 0.15) is 0 Å². The van der Waals surface area contributed by atoms with E-state index in [0.29, 0.717) is 0 Å². The summed E-state index contributed by atoms with van der Waals surface area (Å²) in [6, 6.07) is 13.0. The highest BCUT2D eigenvalue weighted by Crippen LogP contribution is 2.19. The van der Waals surface area contributed by atoms with Gasteiger partial charge in [-0.25, -0.2) is 0 Å². The summed E-state index contributed by atoms with van der Waals surface area (Å²) >= 11 is 0. The van der Waals surface area contributed by atoms with Crippen molar-refractivity contribution in [3.8, 4) is 0 Å². The van der Waals surface area contributed by atoms with Gasteiger partial charge in [-0.2, -0.15) is 0 Å². The summed E-state index contributed by atoms with van der Waals surface area (Å²) in [4.78, 5) is 0. The van der Waals surface area contributed by atoms with Crippen LogP contribution < -0.4 is 0 Å². The molecule has 0 aliphatic carbocycles. The molecule has 0 aromatic heterocycles. The first-order chi connectivity index (χ1) is 9.95. The Morgan fingerprint density at radius 3 is 2.00 bits per heavy atom. The Hall–Kier alpha value is -1.60. The molecule has 2 aromatic carbocycles. The van der Waals surface area contributed by atoms with Gasteiger partial charge in [0, 0.05) is 0 Å². The molecule has 1 atom stereocenters. The van der Waals surface area contributed by atoms with Crippen molar-refractivity contribution in [1.82, 2.24) is 0 Å². The van der Waals surface area contributed by atoms with Gasteiger partial charge in [0.25, 0.3) is 0 Å². The van der Waals surface area contributed by atoms with E-state index < -0.39 is 0 Å². The van der Waals surface area contributed by atoms with Crippen LogP contribution in [0.5, 0.6) is 0 Å². The number of rotatable bonds is 5. The molecule has 0 amide bonds. The lowest BCUT2D eigenvalue weighted by Crippen LogP contribution is -2.13. The van der Waals surface area contributed by atoms with E-state index in [1.54, 1.807) is 0 Å². The molecule has 2 rings (SSSR count). The molecule has 2 aromatic rings. The maximum atomic E-state index is 10.3. The fraction of sp³-hybridized carbons (Fsp3) is 0.400. The van der Waals surface area contributed by atoms with E-state index in [9.17, 15) is 5.11 Å². The van der Waals surface area contributed by atoms with Gasteiger partial charge in [-0.3, -0.25) is 0 Å². The average molecular weight is 282 g/mol. The monoisotopic (exact) mass is 282 g/mol. The molecule has 0 radical (unpaired) electrons. The van der Waals surface area contributed by atoms with E-state index in [1.807, 2.05) is 0 Å². The standard InChI is InChI=1S/C20H26O/c1-14-5-7-18(8-6-14)9-10-19(21)13-20-16(3)11-15(2)12-17(20)4/h5-8,11-12,19,21H,9-10,13H2,1-4H3. The number of hydrogen-bond donors (Lipinski definition) is 1. The Morgan fingerprint density at radius 2 is 1.43 bits per heavy atom. The number of aryl methyl sites for hydroxylation is 5. The van der Waals surface area contributed by atoms with E-state index in [-0.39, 0.29) is 6.10 Å². The first-order valence-electron chi connectivity index (χ1n) is 7.76. The minimum atomic E-state index is -0.272. The lowest BCUT2D eigenvalue weighted by Gasteiger charge is -2.16. The Bertz CT molecular complexity index is 573. The molecule has 1 N–H and O–H groups in total. The largest absolute Gasteiger partial charge is 0.393 e. The van der Waals surface area contributed by atoms with Crippen LogP contribution in [0.1, 0.15) is 39.8 Å². The summed E-state index contributed by atoms with van der Waals surface area (Å²) in [5.74, 6) is 0. The first-order valence-corrected chi connectivity index (χ1v) is 7.76. The lowest BCUT2D eigenvalue weighted by atomic mass is 9.93. The highest BCUT2D eigenvalue weighted by atomic mass is 16.3. The van der Waals surface area contributed by atoms with Crippen LogP contribution in [-0.2, 0) is 12.8 Å². The molecule has 1 heteroatoms. The van der Waals surface area contributed by atoms with Crippen molar-refractivity contribution in [2.45, 2.75) is 53.1 Å². The fourth-order valence-corrected chi connectivity index (χ4v) is 2.96. The zero-order chi connectivity index (χ0) is 15.4. The Kier molecular flexibility index (Phi) is 5.19. The van der Waals surface area contributed by atoms with Crippen molar-refractivity contribution in [3.63, 3.8) is 0 Å². The van der Waals surface area contributed by atoms with Crippen molar-refractivity contribution < 1.29 is 5.11 Å². The van der Waals surface area contributed by atoms with Crippen molar-refractivity contribution in [2.24, 2.45) is 0 Å². The number of aliphatic hydroxyl groups is 1. The molecule has 0 aliphatic heterocycles. The summed E-state index contributed by atoms with van der Waals surface area (Å²) in [6.45, 7) is 8.50. The molecule has 1 unspecified atom stereocenters. The molecular weight excluding hydrogens is 256 g/mol. The second-order valence-electron chi connectivity index (χ2n) is 6.26. The van der Waals surface area contributed by atoms with Gasteiger partial charge in [-0.1, -0.05) is 47.5 Å². The van der Waals surface area contributed by atoms with Crippen molar-refractivity contribution >= 4 is 0 Å². The average Bonchev–Trinajstić information content (AvgIpc) is 2.42. The topological polar surface area (TPSA) is 20.2 Å². The second-order valence-corrected chi connectivity index (χ2v) is 6.26. The van der Waals surface area contributed by atoms with Gasteiger partial charge < -0.3 is 5.11 Å². The highest BCUT2D eigenvalue weighted by molar-refractivity contribution is 5.37. The number of hydrogen-bond acceptors (Lipinski definition) is 1. The summed E-state index contributed by atoms with van der Waals surface area (Å²) in [6.07, 6.45) is 2.23. The second kappa shape index (κ2) is 6.91. The van der Waals surface area contributed by atoms with E-state index in [0.717, 1.165) is 19.3 Å². The summed E-state index contributed by atoms with van der Waals surface area (Å²) in [7, 11) is 0. The summed E-state index contributed by atoms with van der Waals surface area (Å²) in [5, 5.41) is 10.3. The molecular formula is C20H26O. The first kappa shape index (κ1) is 15.8. The minimum Gasteiger partial charge on any atom is -0.393 e. The normalized spacial score (nSPS) is 12.4. The van der Waals surface area contributed by atoms with Crippen LogP contribution in [0.3, 0.4) is 0 Å². The van der Waals surface area contributed by atoms with Crippen molar-refractivity contribution in [3.05, 3.63) is 69.8 Å². The molecule has 0 saturated heterocycles. The van der Waals surface area contributed by atoms with Gasteiger partial charge in [0.15, 0.2) is 0 Å². The van der Waals surface area contributed by atoms with Gasteiger partial charge in [0.05, 0.1) is 6.10 Å². The summed E-state index contributed by atoms with van der Waals surface area (Å²) < 4.78 is 0. The maximum Gasteiger partial charge on any atom is 0.0583 e. The quantitative estimate of drug-likeness (QED) is 0.858. The third-order valence-electron chi connectivity index (χ3n) is 4.17. The predicted molar refractivity (Wildman–Crippen MR) is 89.9 cm³/mol. The van der Waals surface area contributed by atoms with Gasteiger partial charge in [0.2, 0.25) is 0 Å². The maximum absolute atomic E-state index is 10.3. The van der Waals surface area contributed by atoms with Crippen LogP contribution in [0.4, 0.5) is 0 Å². The highest BCUT2D eigenvalue weighted by Gasteiger charge is 2.10. The molecule has 0 heterocycles. The third-order valence-corrected chi connectivity index (χ3v) is 4.17. The number of aliphatic hydroxyl groups excluding tert-OH is 1. The molecule has 1 nitrogen and oxygen atoms in total. The molecule has 0 bridgehead atoms. The van der Waals surface area contributed by atoms with Crippen LogP contribution in [-0.4, -0.2) is 11.2 Å².